The number of nitrogens with zero attached hydrogens (tertiary/aromatic N) is 1. The quantitative estimate of drug-likeness (QED) is 0.839. The maximum absolute atomic E-state index is 12.8. The highest BCUT2D eigenvalue weighted by atomic mass is 32.1. The maximum atomic E-state index is 12.8. The van der Waals surface area contributed by atoms with Crippen LogP contribution in [0.4, 0.5) is 0 Å². The van der Waals surface area contributed by atoms with Crippen LogP contribution in [0.5, 0.6) is 0 Å². The lowest BCUT2D eigenvalue weighted by molar-refractivity contribution is 0.0691. The first-order chi connectivity index (χ1) is 12.6. The number of rotatable bonds is 6. The summed E-state index contributed by atoms with van der Waals surface area (Å²) >= 11 is 1.46. The number of thiophene rings is 1. The summed E-state index contributed by atoms with van der Waals surface area (Å²) in [6.07, 6.45) is 2.54. The average molecular weight is 373 g/mol. The zero-order valence-corrected chi connectivity index (χ0v) is 15.6. The lowest BCUT2D eigenvalue weighted by Gasteiger charge is -2.32. The molecule has 1 aromatic heterocycles. The Morgan fingerprint density at radius 1 is 1.19 bits per heavy atom. The van der Waals surface area contributed by atoms with Gasteiger partial charge in [0.15, 0.2) is 0 Å². The molecular formula is C20H23NO4S. The van der Waals surface area contributed by atoms with Crippen molar-refractivity contribution in [3.8, 4) is 0 Å². The van der Waals surface area contributed by atoms with Crippen molar-refractivity contribution < 1.29 is 19.4 Å². The van der Waals surface area contributed by atoms with Crippen LogP contribution in [0.25, 0.3) is 0 Å². The van der Waals surface area contributed by atoms with Crippen molar-refractivity contribution in [2.45, 2.75) is 25.9 Å². The minimum Gasteiger partial charge on any atom is -0.478 e. The third kappa shape index (κ3) is 4.14. The molecule has 138 valence electrons. The summed E-state index contributed by atoms with van der Waals surface area (Å²) in [6.45, 7) is 1.87. The van der Waals surface area contributed by atoms with Crippen LogP contribution in [0.15, 0.2) is 35.7 Å². The van der Waals surface area contributed by atoms with E-state index in [1.54, 1.807) is 19.2 Å². The standard InChI is InChI=1S/C20H23NO4S/c1-25-13-16-8-11-26-18(16)19(22)21-9-6-14(7-10-21)12-15-4-2-3-5-17(15)20(23)24/h2-5,8,11,14H,6-7,9-10,12-13H2,1H3,(H,23,24). The van der Waals surface area contributed by atoms with Crippen LogP contribution in [0.3, 0.4) is 0 Å². The summed E-state index contributed by atoms with van der Waals surface area (Å²) in [5.41, 5.74) is 2.21. The number of carboxylic acids is 1. The van der Waals surface area contributed by atoms with Crippen LogP contribution < -0.4 is 0 Å². The van der Waals surface area contributed by atoms with Gasteiger partial charge < -0.3 is 14.7 Å². The Kier molecular flexibility index (Phi) is 6.06. The SMILES string of the molecule is COCc1ccsc1C(=O)N1CCC(Cc2ccccc2C(=O)O)CC1. The van der Waals surface area contributed by atoms with Gasteiger partial charge in [-0.05, 0) is 48.3 Å². The van der Waals surface area contributed by atoms with E-state index in [1.165, 1.54) is 11.3 Å². The van der Waals surface area contributed by atoms with E-state index in [2.05, 4.69) is 0 Å². The van der Waals surface area contributed by atoms with Gasteiger partial charge in [0.05, 0.1) is 17.0 Å². The molecule has 5 nitrogen and oxygen atoms in total. The van der Waals surface area contributed by atoms with E-state index in [0.717, 1.165) is 35.3 Å². The van der Waals surface area contributed by atoms with Crippen molar-refractivity contribution in [2.24, 2.45) is 5.92 Å². The van der Waals surface area contributed by atoms with Crippen molar-refractivity contribution in [1.82, 2.24) is 4.90 Å². The molecule has 0 saturated carbocycles. The number of carbonyl (C=O) groups is 2. The topological polar surface area (TPSA) is 66.8 Å². The molecule has 2 heterocycles. The Bertz CT molecular complexity index is 778. The molecule has 6 heteroatoms. The molecule has 1 amide bonds. The number of ether oxygens (including phenoxy) is 1. The summed E-state index contributed by atoms with van der Waals surface area (Å²) in [5.74, 6) is -0.394. The van der Waals surface area contributed by atoms with E-state index in [0.29, 0.717) is 31.2 Å². The van der Waals surface area contributed by atoms with Gasteiger partial charge in [0.1, 0.15) is 0 Å². The highest BCUT2D eigenvalue weighted by Crippen LogP contribution is 2.26. The maximum Gasteiger partial charge on any atom is 0.335 e. The Morgan fingerprint density at radius 2 is 1.92 bits per heavy atom. The fourth-order valence-corrected chi connectivity index (χ4v) is 4.37. The number of carbonyl (C=O) groups excluding carboxylic acids is 1. The smallest absolute Gasteiger partial charge is 0.335 e. The van der Waals surface area contributed by atoms with Crippen LogP contribution in [-0.4, -0.2) is 42.1 Å². The minimum absolute atomic E-state index is 0.0800. The number of likely N-dealkylation sites (tertiary alicyclic amines) is 1. The molecule has 1 aliphatic rings. The number of hydrogen-bond donors (Lipinski definition) is 1. The number of benzene rings is 1. The number of piperidine rings is 1. The molecule has 1 saturated heterocycles. The van der Waals surface area contributed by atoms with Crippen LogP contribution in [0.2, 0.25) is 0 Å². The van der Waals surface area contributed by atoms with Gasteiger partial charge in [-0.25, -0.2) is 4.79 Å². The van der Waals surface area contributed by atoms with Gasteiger partial charge >= 0.3 is 5.97 Å². The number of aromatic carboxylic acids is 1. The van der Waals surface area contributed by atoms with E-state index >= 15 is 0 Å². The van der Waals surface area contributed by atoms with E-state index in [9.17, 15) is 14.7 Å². The normalized spacial score (nSPS) is 15.2. The van der Waals surface area contributed by atoms with Crippen LogP contribution in [0, 0.1) is 5.92 Å². The summed E-state index contributed by atoms with van der Waals surface area (Å²) < 4.78 is 5.17. The van der Waals surface area contributed by atoms with Crippen molar-refractivity contribution in [3.63, 3.8) is 0 Å². The third-order valence-corrected chi connectivity index (χ3v) is 5.84. The molecule has 0 atom stereocenters. The van der Waals surface area contributed by atoms with Gasteiger partial charge in [-0.1, -0.05) is 18.2 Å². The zero-order chi connectivity index (χ0) is 18.5. The second kappa shape index (κ2) is 8.47. The van der Waals surface area contributed by atoms with Gasteiger partial charge in [0, 0.05) is 25.8 Å². The Balaban J connectivity index is 1.60. The second-order valence-electron chi connectivity index (χ2n) is 6.61. The summed E-state index contributed by atoms with van der Waals surface area (Å²) in [6, 6.07) is 9.13. The highest BCUT2D eigenvalue weighted by molar-refractivity contribution is 7.12. The number of amides is 1. The molecule has 1 N–H and O–H groups in total. The van der Waals surface area contributed by atoms with E-state index < -0.39 is 5.97 Å². The Morgan fingerprint density at radius 3 is 2.62 bits per heavy atom. The molecule has 0 unspecified atom stereocenters. The largest absolute Gasteiger partial charge is 0.478 e. The predicted octanol–water partition coefficient (Wildman–Crippen LogP) is 3.69. The predicted molar refractivity (Wildman–Crippen MR) is 101 cm³/mol. The number of hydrogen-bond acceptors (Lipinski definition) is 4. The summed E-state index contributed by atoms with van der Waals surface area (Å²) in [7, 11) is 1.63. The molecule has 26 heavy (non-hydrogen) atoms. The molecule has 0 aliphatic carbocycles. The van der Waals surface area contributed by atoms with Crippen molar-refractivity contribution in [3.05, 3.63) is 57.3 Å². The van der Waals surface area contributed by atoms with E-state index in [-0.39, 0.29) is 5.91 Å². The minimum atomic E-state index is -0.878. The van der Waals surface area contributed by atoms with Gasteiger partial charge in [0.2, 0.25) is 0 Å². The molecular weight excluding hydrogens is 350 g/mol. The average Bonchev–Trinajstić information content (AvgIpc) is 3.11. The van der Waals surface area contributed by atoms with Gasteiger partial charge in [-0.3, -0.25) is 4.79 Å². The fourth-order valence-electron chi connectivity index (χ4n) is 3.49. The Labute approximate surface area is 157 Å². The van der Waals surface area contributed by atoms with Crippen molar-refractivity contribution in [2.75, 3.05) is 20.2 Å². The molecule has 2 aromatic rings. The van der Waals surface area contributed by atoms with Gasteiger partial charge in [-0.15, -0.1) is 11.3 Å². The van der Waals surface area contributed by atoms with Gasteiger partial charge in [-0.2, -0.15) is 0 Å². The molecule has 1 fully saturated rings. The summed E-state index contributed by atoms with van der Waals surface area (Å²) in [5, 5.41) is 11.3. The first-order valence-corrected chi connectivity index (χ1v) is 9.64. The van der Waals surface area contributed by atoms with E-state index in [1.807, 2.05) is 28.5 Å². The zero-order valence-electron chi connectivity index (χ0n) is 14.8. The van der Waals surface area contributed by atoms with Crippen molar-refractivity contribution in [1.29, 1.82) is 0 Å². The van der Waals surface area contributed by atoms with E-state index in [4.69, 9.17) is 4.74 Å². The fraction of sp³-hybridized carbons (Fsp3) is 0.400. The molecule has 1 aromatic carbocycles. The third-order valence-electron chi connectivity index (χ3n) is 4.90. The van der Waals surface area contributed by atoms with Crippen LogP contribution in [-0.2, 0) is 17.8 Å². The van der Waals surface area contributed by atoms with Gasteiger partial charge in [0.25, 0.3) is 5.91 Å². The second-order valence-corrected chi connectivity index (χ2v) is 7.53. The molecule has 0 spiro atoms. The molecule has 1 aliphatic heterocycles. The summed E-state index contributed by atoms with van der Waals surface area (Å²) in [4.78, 5) is 26.8. The first-order valence-electron chi connectivity index (χ1n) is 8.76. The Hall–Kier alpha value is -2.18. The van der Waals surface area contributed by atoms with Crippen LogP contribution in [0.1, 0.15) is 44.0 Å². The molecule has 0 radical (unpaired) electrons. The van der Waals surface area contributed by atoms with Crippen molar-refractivity contribution >= 4 is 23.2 Å². The number of carboxylic acid groups (broad SMARTS) is 1. The van der Waals surface area contributed by atoms with Crippen LogP contribution >= 0.6 is 11.3 Å². The molecule has 3 rings (SSSR count). The lowest BCUT2D eigenvalue weighted by atomic mass is 9.88. The highest BCUT2D eigenvalue weighted by Gasteiger charge is 2.26. The lowest BCUT2D eigenvalue weighted by Crippen LogP contribution is -2.39. The monoisotopic (exact) mass is 373 g/mol. The number of methoxy groups -OCH3 is 1. The first kappa shape index (κ1) is 18.6. The molecule has 0 bridgehead atoms.